The largest absolute Gasteiger partial charge is 0.239 e. The number of tetrazole rings is 1. The number of nitrogens with one attached hydrogen (secondary N) is 1. The van der Waals surface area contributed by atoms with Gasteiger partial charge in [-0.3, -0.25) is 0 Å². The molecule has 3 aromatic rings. The third-order valence-electron chi connectivity index (χ3n) is 2.97. The predicted molar refractivity (Wildman–Crippen MR) is 74.2 cm³/mol. The number of H-pyrrole nitrogens is 1. The van der Waals surface area contributed by atoms with Crippen LogP contribution in [0.4, 0.5) is 0 Å². The predicted octanol–water partition coefficient (Wildman–Crippen LogP) is 2.93. The van der Waals surface area contributed by atoms with Crippen molar-refractivity contribution < 1.29 is 0 Å². The van der Waals surface area contributed by atoms with Crippen LogP contribution in [0.2, 0.25) is 0 Å². The molecule has 92 valence electrons. The molecule has 0 bridgehead atoms. The summed E-state index contributed by atoms with van der Waals surface area (Å²) >= 11 is 0. The lowest BCUT2D eigenvalue weighted by Crippen LogP contribution is -1.87. The summed E-state index contributed by atoms with van der Waals surface area (Å²) in [4.78, 5) is 0. The van der Waals surface area contributed by atoms with Gasteiger partial charge in [0.05, 0.1) is 0 Å². The van der Waals surface area contributed by atoms with Crippen molar-refractivity contribution in [2.24, 2.45) is 0 Å². The molecule has 4 nitrogen and oxygen atoms in total. The van der Waals surface area contributed by atoms with E-state index in [-0.39, 0.29) is 0 Å². The zero-order valence-electron chi connectivity index (χ0n) is 10.2. The lowest BCUT2D eigenvalue weighted by Gasteiger charge is -2.06. The van der Waals surface area contributed by atoms with Gasteiger partial charge in [0.2, 0.25) is 0 Å². The first-order valence-electron chi connectivity index (χ1n) is 5.93. The van der Waals surface area contributed by atoms with Gasteiger partial charge in [0, 0.05) is 5.56 Å². The smallest absolute Gasteiger partial charge is 0.179 e. The lowest BCUT2D eigenvalue weighted by atomic mass is 9.99. The van der Waals surface area contributed by atoms with E-state index in [4.69, 9.17) is 0 Å². The van der Waals surface area contributed by atoms with Crippen LogP contribution in [0.1, 0.15) is 11.1 Å². The molecule has 3 rings (SSSR count). The Kier molecular flexibility index (Phi) is 2.90. The van der Waals surface area contributed by atoms with Crippen LogP contribution in [-0.4, -0.2) is 20.6 Å². The Balaban J connectivity index is 1.89. The average Bonchev–Trinajstić information content (AvgIpc) is 3.02. The average molecular weight is 248 g/mol. The molecule has 19 heavy (non-hydrogen) atoms. The molecule has 1 aromatic heterocycles. The fourth-order valence-electron chi connectivity index (χ4n) is 1.92. The number of aromatic nitrogens is 4. The molecule has 0 aliphatic heterocycles. The van der Waals surface area contributed by atoms with Gasteiger partial charge in [-0.25, -0.2) is 5.10 Å². The van der Waals surface area contributed by atoms with Gasteiger partial charge in [-0.05, 0) is 27.1 Å². The second kappa shape index (κ2) is 4.86. The van der Waals surface area contributed by atoms with Gasteiger partial charge >= 0.3 is 0 Å². The Morgan fingerprint density at radius 3 is 2.21 bits per heavy atom. The van der Waals surface area contributed by atoms with Gasteiger partial charge in [0.15, 0.2) is 5.82 Å². The number of rotatable bonds is 3. The van der Waals surface area contributed by atoms with Crippen LogP contribution in [-0.2, 0) is 0 Å². The van der Waals surface area contributed by atoms with Crippen molar-refractivity contribution in [3.63, 3.8) is 0 Å². The van der Waals surface area contributed by atoms with Crippen molar-refractivity contribution in [2.45, 2.75) is 0 Å². The molecular weight excluding hydrogens is 236 g/mol. The summed E-state index contributed by atoms with van der Waals surface area (Å²) < 4.78 is 0. The Labute approximate surface area is 110 Å². The van der Waals surface area contributed by atoms with Crippen LogP contribution in [0.25, 0.3) is 17.0 Å². The van der Waals surface area contributed by atoms with Crippen molar-refractivity contribution >= 4 is 5.57 Å². The molecule has 0 spiro atoms. The van der Waals surface area contributed by atoms with Crippen LogP contribution in [0.5, 0.6) is 0 Å². The first-order valence-corrected chi connectivity index (χ1v) is 5.93. The maximum atomic E-state index is 4.14. The number of aromatic amines is 1. The van der Waals surface area contributed by atoms with Crippen molar-refractivity contribution in [2.75, 3.05) is 0 Å². The van der Waals surface area contributed by atoms with Crippen molar-refractivity contribution in [3.05, 3.63) is 72.3 Å². The summed E-state index contributed by atoms with van der Waals surface area (Å²) in [6, 6.07) is 18.1. The van der Waals surface area contributed by atoms with Crippen molar-refractivity contribution in [1.29, 1.82) is 0 Å². The van der Waals surface area contributed by atoms with Crippen LogP contribution in [0.15, 0.2) is 61.2 Å². The van der Waals surface area contributed by atoms with Gasteiger partial charge in [0.1, 0.15) is 0 Å². The zero-order valence-corrected chi connectivity index (χ0v) is 10.2. The van der Waals surface area contributed by atoms with E-state index < -0.39 is 0 Å². The molecule has 0 saturated carbocycles. The summed E-state index contributed by atoms with van der Waals surface area (Å²) in [5.74, 6) is 0.664. The molecule has 0 atom stereocenters. The Morgan fingerprint density at radius 1 is 0.895 bits per heavy atom. The second-order valence-electron chi connectivity index (χ2n) is 4.17. The summed E-state index contributed by atoms with van der Waals surface area (Å²) in [6.45, 7) is 4.14. The van der Waals surface area contributed by atoms with Crippen molar-refractivity contribution in [1.82, 2.24) is 20.6 Å². The van der Waals surface area contributed by atoms with Gasteiger partial charge < -0.3 is 0 Å². The minimum atomic E-state index is 0.664. The lowest BCUT2D eigenvalue weighted by molar-refractivity contribution is 0.881. The molecule has 0 amide bonds. The molecule has 0 aliphatic rings. The highest BCUT2D eigenvalue weighted by molar-refractivity contribution is 5.78. The summed E-state index contributed by atoms with van der Waals surface area (Å²) in [5, 5.41) is 13.7. The highest BCUT2D eigenvalue weighted by Crippen LogP contribution is 2.23. The molecular formula is C15H12N4. The zero-order chi connectivity index (χ0) is 13.1. The van der Waals surface area contributed by atoms with Crippen LogP contribution >= 0.6 is 0 Å². The number of nitrogens with zero attached hydrogens (tertiary/aromatic N) is 3. The number of benzene rings is 2. The minimum Gasteiger partial charge on any atom is -0.239 e. The standard InChI is InChI=1S/C15H12N4/c1-11(12-5-3-2-4-6-12)13-7-9-14(10-8-13)15-16-18-19-17-15/h2-10H,1H2,(H,16,17,18,19). The molecule has 1 heterocycles. The van der Waals surface area contributed by atoms with E-state index in [1.165, 1.54) is 0 Å². The summed E-state index contributed by atoms with van der Waals surface area (Å²) in [5.41, 5.74) is 4.16. The molecule has 0 fully saturated rings. The van der Waals surface area contributed by atoms with Crippen LogP contribution in [0, 0.1) is 0 Å². The minimum absolute atomic E-state index is 0.664. The summed E-state index contributed by atoms with van der Waals surface area (Å²) in [6.07, 6.45) is 0. The Morgan fingerprint density at radius 2 is 1.58 bits per heavy atom. The highest BCUT2D eigenvalue weighted by atomic mass is 15.5. The molecule has 1 N–H and O–H groups in total. The molecule has 2 aromatic carbocycles. The molecule has 4 heteroatoms. The quantitative estimate of drug-likeness (QED) is 0.775. The van der Waals surface area contributed by atoms with Crippen LogP contribution in [0.3, 0.4) is 0 Å². The third-order valence-corrected chi connectivity index (χ3v) is 2.97. The third kappa shape index (κ3) is 2.28. The molecule has 0 saturated heterocycles. The number of hydrogen-bond acceptors (Lipinski definition) is 3. The fraction of sp³-hybridized carbons (Fsp3) is 0. The maximum Gasteiger partial charge on any atom is 0.179 e. The van der Waals surface area contributed by atoms with Crippen LogP contribution < -0.4 is 0 Å². The maximum absolute atomic E-state index is 4.14. The first-order chi connectivity index (χ1) is 9.34. The van der Waals surface area contributed by atoms with E-state index in [1.54, 1.807) is 0 Å². The van der Waals surface area contributed by atoms with E-state index in [2.05, 4.69) is 39.3 Å². The van der Waals surface area contributed by atoms with Gasteiger partial charge in [-0.2, -0.15) is 0 Å². The van der Waals surface area contributed by atoms with E-state index in [9.17, 15) is 0 Å². The normalized spacial score (nSPS) is 10.3. The summed E-state index contributed by atoms with van der Waals surface area (Å²) in [7, 11) is 0. The first kappa shape index (κ1) is 11.3. The Bertz CT molecular complexity index is 670. The monoisotopic (exact) mass is 248 g/mol. The van der Waals surface area contributed by atoms with E-state index in [1.807, 2.05) is 42.5 Å². The topological polar surface area (TPSA) is 54.5 Å². The molecule has 0 unspecified atom stereocenters. The van der Waals surface area contributed by atoms with E-state index in [0.717, 1.165) is 22.3 Å². The highest BCUT2D eigenvalue weighted by Gasteiger charge is 2.04. The fourth-order valence-corrected chi connectivity index (χ4v) is 1.92. The van der Waals surface area contributed by atoms with E-state index in [0.29, 0.717) is 5.82 Å². The second-order valence-corrected chi connectivity index (χ2v) is 4.17. The van der Waals surface area contributed by atoms with Gasteiger partial charge in [-0.15, -0.1) is 5.10 Å². The molecule has 0 radical (unpaired) electrons. The van der Waals surface area contributed by atoms with E-state index >= 15 is 0 Å². The Hall–Kier alpha value is -2.75. The van der Waals surface area contributed by atoms with Gasteiger partial charge in [0.25, 0.3) is 0 Å². The van der Waals surface area contributed by atoms with Crippen molar-refractivity contribution in [3.8, 4) is 11.4 Å². The SMILES string of the molecule is C=C(c1ccccc1)c1ccc(-c2nnn[nH]2)cc1. The molecule has 0 aliphatic carbocycles. The number of hydrogen-bond donors (Lipinski definition) is 1. The van der Waals surface area contributed by atoms with Gasteiger partial charge in [-0.1, -0.05) is 61.2 Å².